The molecule has 0 unspecified atom stereocenters. The van der Waals surface area contributed by atoms with E-state index in [-0.39, 0.29) is 12.4 Å². The maximum Gasteiger partial charge on any atom is 0.104 e. The molecule has 1 aromatic carbocycles. The third kappa shape index (κ3) is 5.19. The Bertz CT molecular complexity index is 282. The van der Waals surface area contributed by atoms with Crippen molar-refractivity contribution in [1.82, 2.24) is 0 Å². The Morgan fingerprint density at radius 3 is 1.80 bits per heavy atom. The van der Waals surface area contributed by atoms with E-state index in [0.29, 0.717) is 5.92 Å². The van der Waals surface area contributed by atoms with Gasteiger partial charge in [0.1, 0.15) is 6.54 Å². The number of hydrogen-bond donors (Lipinski definition) is 0. The number of nitrogens with zero attached hydrogens (tertiary/aromatic N) is 1. The third-order valence-electron chi connectivity index (χ3n) is 2.30. The van der Waals surface area contributed by atoms with Crippen LogP contribution in [0.4, 0.5) is 0 Å². The lowest BCUT2D eigenvalue weighted by Crippen LogP contribution is -3.00. The monoisotopic (exact) mass is 227 g/mol. The van der Waals surface area contributed by atoms with Crippen LogP contribution in [0.25, 0.3) is 0 Å². The van der Waals surface area contributed by atoms with Gasteiger partial charge in [0.2, 0.25) is 0 Å². The number of rotatable bonds is 3. The van der Waals surface area contributed by atoms with Crippen molar-refractivity contribution in [3.8, 4) is 0 Å². The predicted octanol–water partition coefficient (Wildman–Crippen LogP) is 0.0202. The van der Waals surface area contributed by atoms with Crippen LogP contribution in [-0.4, -0.2) is 25.6 Å². The van der Waals surface area contributed by atoms with Crippen molar-refractivity contribution >= 4 is 0 Å². The Labute approximate surface area is 100 Å². The van der Waals surface area contributed by atoms with Crippen molar-refractivity contribution in [3.63, 3.8) is 0 Å². The number of hydrogen-bond acceptors (Lipinski definition) is 0. The highest BCUT2D eigenvalue weighted by Crippen LogP contribution is 2.15. The van der Waals surface area contributed by atoms with Crippen LogP contribution in [0.3, 0.4) is 0 Å². The molecule has 86 valence electrons. The molecule has 0 heterocycles. The van der Waals surface area contributed by atoms with Crippen LogP contribution in [0.5, 0.6) is 0 Å². The van der Waals surface area contributed by atoms with Gasteiger partial charge in [-0.15, -0.1) is 0 Å². The summed E-state index contributed by atoms with van der Waals surface area (Å²) < 4.78 is 0.987. The van der Waals surface area contributed by atoms with Gasteiger partial charge in [0.15, 0.2) is 0 Å². The molecule has 0 saturated carbocycles. The topological polar surface area (TPSA) is 0 Å². The highest BCUT2D eigenvalue weighted by atomic mass is 35.5. The average molecular weight is 228 g/mol. The first-order valence-electron chi connectivity index (χ1n) is 5.28. The lowest BCUT2D eigenvalue weighted by atomic mass is 10.0. The zero-order valence-corrected chi connectivity index (χ0v) is 11.2. The molecular formula is C13H22ClN. The molecular weight excluding hydrogens is 206 g/mol. The highest BCUT2D eigenvalue weighted by Gasteiger charge is 2.08. The van der Waals surface area contributed by atoms with E-state index >= 15 is 0 Å². The van der Waals surface area contributed by atoms with Gasteiger partial charge in [0, 0.05) is 5.56 Å². The van der Waals surface area contributed by atoms with E-state index in [9.17, 15) is 0 Å². The maximum atomic E-state index is 2.25. The van der Waals surface area contributed by atoms with E-state index in [0.717, 1.165) is 11.0 Å². The molecule has 0 aromatic heterocycles. The molecule has 1 aromatic rings. The summed E-state index contributed by atoms with van der Waals surface area (Å²) in [6, 6.07) is 8.99. The zero-order valence-electron chi connectivity index (χ0n) is 10.4. The largest absolute Gasteiger partial charge is 1.00 e. The second-order valence-corrected chi connectivity index (χ2v) is 5.34. The lowest BCUT2D eigenvalue weighted by Gasteiger charge is -2.24. The summed E-state index contributed by atoms with van der Waals surface area (Å²) in [5.41, 5.74) is 2.84. The molecule has 0 N–H and O–H groups in total. The van der Waals surface area contributed by atoms with Gasteiger partial charge in [0.25, 0.3) is 0 Å². The molecule has 15 heavy (non-hydrogen) atoms. The Hall–Kier alpha value is -0.530. The summed E-state index contributed by atoms with van der Waals surface area (Å²) in [6.07, 6.45) is 0. The first-order chi connectivity index (χ1) is 6.38. The fourth-order valence-electron chi connectivity index (χ4n) is 1.56. The van der Waals surface area contributed by atoms with Crippen molar-refractivity contribution < 1.29 is 16.9 Å². The van der Waals surface area contributed by atoms with Crippen LogP contribution in [0.15, 0.2) is 24.3 Å². The number of benzene rings is 1. The summed E-state index contributed by atoms with van der Waals surface area (Å²) in [6.45, 7) is 5.56. The smallest absolute Gasteiger partial charge is 0.104 e. The Morgan fingerprint density at radius 1 is 1.00 bits per heavy atom. The van der Waals surface area contributed by atoms with Crippen LogP contribution in [0.2, 0.25) is 0 Å². The molecule has 0 aliphatic carbocycles. The minimum Gasteiger partial charge on any atom is -1.00 e. The molecule has 0 spiro atoms. The first-order valence-corrected chi connectivity index (χ1v) is 5.28. The first kappa shape index (κ1) is 14.5. The molecule has 0 radical (unpaired) electrons. The molecule has 0 bridgehead atoms. The minimum atomic E-state index is 0. The third-order valence-corrected chi connectivity index (χ3v) is 2.30. The standard InChI is InChI=1S/C13H22N.ClH/c1-11(2)13-8-6-12(7-9-13)10-14(3,4)5;/h6-9,11H,10H2,1-5H3;1H/q+1;/p-1. The van der Waals surface area contributed by atoms with Gasteiger partial charge >= 0.3 is 0 Å². The van der Waals surface area contributed by atoms with E-state index in [2.05, 4.69) is 59.3 Å². The quantitative estimate of drug-likeness (QED) is 0.639. The van der Waals surface area contributed by atoms with Gasteiger partial charge < -0.3 is 16.9 Å². The summed E-state index contributed by atoms with van der Waals surface area (Å²) in [5, 5.41) is 0. The van der Waals surface area contributed by atoms with Crippen LogP contribution >= 0.6 is 0 Å². The van der Waals surface area contributed by atoms with E-state index in [1.54, 1.807) is 0 Å². The summed E-state index contributed by atoms with van der Waals surface area (Å²) in [4.78, 5) is 0. The number of quaternary nitrogens is 1. The second kappa shape index (κ2) is 5.53. The normalized spacial score (nSPS) is 11.3. The van der Waals surface area contributed by atoms with Crippen molar-refractivity contribution in [2.45, 2.75) is 26.3 Å². The van der Waals surface area contributed by atoms with E-state index in [4.69, 9.17) is 0 Å². The molecule has 1 nitrogen and oxygen atoms in total. The maximum absolute atomic E-state index is 2.25. The van der Waals surface area contributed by atoms with Gasteiger partial charge in [-0.05, 0) is 11.5 Å². The second-order valence-electron chi connectivity index (χ2n) is 5.34. The van der Waals surface area contributed by atoms with Gasteiger partial charge in [-0.3, -0.25) is 0 Å². The molecule has 0 aliphatic heterocycles. The fraction of sp³-hybridized carbons (Fsp3) is 0.538. The van der Waals surface area contributed by atoms with Crippen molar-refractivity contribution in [2.75, 3.05) is 21.1 Å². The molecule has 0 amide bonds. The Kier molecular flexibility index (Phi) is 5.33. The molecule has 0 atom stereocenters. The molecule has 0 fully saturated rings. The van der Waals surface area contributed by atoms with Gasteiger partial charge in [-0.1, -0.05) is 38.1 Å². The van der Waals surface area contributed by atoms with Crippen LogP contribution in [-0.2, 0) is 6.54 Å². The predicted molar refractivity (Wildman–Crippen MR) is 62.3 cm³/mol. The van der Waals surface area contributed by atoms with Crippen LogP contribution < -0.4 is 12.4 Å². The molecule has 0 aliphatic rings. The summed E-state index contributed by atoms with van der Waals surface area (Å²) in [5.74, 6) is 0.633. The average Bonchev–Trinajstić information content (AvgIpc) is 2.02. The van der Waals surface area contributed by atoms with Crippen LogP contribution in [0, 0.1) is 0 Å². The molecule has 1 rings (SSSR count). The highest BCUT2D eigenvalue weighted by molar-refractivity contribution is 5.24. The van der Waals surface area contributed by atoms with Gasteiger partial charge in [0.05, 0.1) is 21.1 Å². The molecule has 2 heteroatoms. The Balaban J connectivity index is 0.00000196. The number of halogens is 1. The molecule has 0 saturated heterocycles. The van der Waals surface area contributed by atoms with Crippen molar-refractivity contribution in [2.24, 2.45) is 0 Å². The van der Waals surface area contributed by atoms with Gasteiger partial charge in [-0.25, -0.2) is 0 Å². The summed E-state index contributed by atoms with van der Waals surface area (Å²) in [7, 11) is 6.66. The van der Waals surface area contributed by atoms with E-state index in [1.165, 1.54) is 11.1 Å². The minimum absolute atomic E-state index is 0. The van der Waals surface area contributed by atoms with Crippen LogP contribution in [0.1, 0.15) is 30.9 Å². The van der Waals surface area contributed by atoms with Crippen molar-refractivity contribution in [3.05, 3.63) is 35.4 Å². The van der Waals surface area contributed by atoms with E-state index in [1.807, 2.05) is 0 Å². The lowest BCUT2D eigenvalue weighted by molar-refractivity contribution is -0.884. The van der Waals surface area contributed by atoms with Gasteiger partial charge in [-0.2, -0.15) is 0 Å². The summed E-state index contributed by atoms with van der Waals surface area (Å²) >= 11 is 0. The van der Waals surface area contributed by atoms with Crippen molar-refractivity contribution in [1.29, 1.82) is 0 Å². The van der Waals surface area contributed by atoms with E-state index < -0.39 is 0 Å². The fourth-order valence-corrected chi connectivity index (χ4v) is 1.56. The SMILES string of the molecule is CC(C)c1ccc(C[N+](C)(C)C)cc1.[Cl-]. The zero-order chi connectivity index (χ0) is 10.8. The Morgan fingerprint density at radius 2 is 1.47 bits per heavy atom.